The number of anilines is 1. The van der Waals surface area contributed by atoms with Gasteiger partial charge in [-0.05, 0) is 36.6 Å². The van der Waals surface area contributed by atoms with Crippen LogP contribution in [0.25, 0.3) is 11.0 Å². The van der Waals surface area contributed by atoms with E-state index >= 15 is 0 Å². The van der Waals surface area contributed by atoms with E-state index in [1.165, 1.54) is 11.7 Å². The topological polar surface area (TPSA) is 135 Å². The van der Waals surface area contributed by atoms with Gasteiger partial charge < -0.3 is 10.1 Å². The molecule has 10 nitrogen and oxygen atoms in total. The van der Waals surface area contributed by atoms with Gasteiger partial charge in [0.25, 0.3) is 11.5 Å². The van der Waals surface area contributed by atoms with Crippen LogP contribution in [0.1, 0.15) is 48.3 Å². The summed E-state index contributed by atoms with van der Waals surface area (Å²) in [5.74, 6) is -0.469. The maximum Gasteiger partial charge on any atom is 0.411 e. The minimum atomic E-state index is -0.652. The molecule has 0 saturated carbocycles. The Morgan fingerprint density at radius 2 is 1.88 bits per heavy atom. The summed E-state index contributed by atoms with van der Waals surface area (Å²) in [5.41, 5.74) is 1.08. The number of carbonyl (C=O) groups excluding carboxylic acids is 2. The first-order valence-electron chi connectivity index (χ1n) is 10.1. The fraction of sp³-hybridized carbons (Fsp3) is 0.318. The maximum absolute atomic E-state index is 13.0. The number of methoxy groups -OCH3 is 1. The molecule has 0 spiro atoms. The lowest BCUT2D eigenvalue weighted by atomic mass is 10.0. The molecule has 0 atom stereocenters. The van der Waals surface area contributed by atoms with Gasteiger partial charge in [-0.2, -0.15) is 0 Å². The molecule has 10 heteroatoms. The quantitative estimate of drug-likeness (QED) is 0.539. The van der Waals surface area contributed by atoms with Crippen molar-refractivity contribution < 1.29 is 14.3 Å². The number of nitrogens with zero attached hydrogens (tertiary/aromatic N) is 2. The second kappa shape index (κ2) is 9.46. The molecule has 0 aliphatic rings. The molecule has 168 valence electrons. The number of hydrogen-bond donors (Lipinski definition) is 3. The number of nitrogens with one attached hydrogen (secondary N) is 3. The third-order valence-electron chi connectivity index (χ3n) is 4.96. The van der Waals surface area contributed by atoms with E-state index in [4.69, 9.17) is 0 Å². The number of fused-ring (bicyclic) bond motifs is 1. The minimum Gasteiger partial charge on any atom is -0.453 e. The average Bonchev–Trinajstić information content (AvgIpc) is 2.77. The van der Waals surface area contributed by atoms with Gasteiger partial charge in [0.1, 0.15) is 0 Å². The summed E-state index contributed by atoms with van der Waals surface area (Å²) in [7, 11) is 1.28. The van der Waals surface area contributed by atoms with Gasteiger partial charge in [-0.15, -0.1) is 0 Å². The van der Waals surface area contributed by atoms with Crippen molar-refractivity contribution in [2.45, 2.75) is 39.8 Å². The van der Waals surface area contributed by atoms with E-state index in [9.17, 15) is 19.2 Å². The molecule has 2 heterocycles. The van der Waals surface area contributed by atoms with Gasteiger partial charge >= 0.3 is 11.8 Å². The molecule has 2 amide bonds. The van der Waals surface area contributed by atoms with Crippen LogP contribution in [-0.2, 0) is 17.8 Å². The van der Waals surface area contributed by atoms with E-state index in [2.05, 4.69) is 25.3 Å². The first-order chi connectivity index (χ1) is 15.2. The van der Waals surface area contributed by atoms with E-state index in [1.54, 1.807) is 37.3 Å². The van der Waals surface area contributed by atoms with Crippen LogP contribution in [-0.4, -0.2) is 33.6 Å². The van der Waals surface area contributed by atoms with Crippen LogP contribution in [0.15, 0.2) is 39.9 Å². The molecule has 0 saturated heterocycles. The Morgan fingerprint density at radius 1 is 1.19 bits per heavy atom. The number of H-pyrrole nitrogens is 1. The maximum atomic E-state index is 13.0. The number of benzene rings is 1. The first kappa shape index (κ1) is 22.7. The highest BCUT2D eigenvalue weighted by molar-refractivity contribution is 6.05. The third kappa shape index (κ3) is 4.69. The predicted molar refractivity (Wildman–Crippen MR) is 120 cm³/mol. The van der Waals surface area contributed by atoms with Gasteiger partial charge in [-0.1, -0.05) is 26.0 Å². The van der Waals surface area contributed by atoms with E-state index in [0.717, 1.165) is 5.56 Å². The standard InChI is InChI=1S/C22H25N5O5/c1-5-27-18-17(20(29)26-21(27)30)15(10-16(25-18)12(2)3)19(28)23-11-13-6-8-14(9-7-13)24-22(31)32-4/h6-10,12H,5,11H2,1-4H3,(H,23,28)(H,24,31)(H,26,29,30). The average molecular weight is 439 g/mol. The molecule has 0 unspecified atom stereocenters. The summed E-state index contributed by atoms with van der Waals surface area (Å²) in [5, 5.41) is 5.43. The molecule has 0 bridgehead atoms. The van der Waals surface area contributed by atoms with Crippen molar-refractivity contribution in [3.63, 3.8) is 0 Å². The van der Waals surface area contributed by atoms with Gasteiger partial charge in [-0.25, -0.2) is 14.6 Å². The molecule has 2 aromatic heterocycles. The zero-order valence-corrected chi connectivity index (χ0v) is 18.3. The van der Waals surface area contributed by atoms with Crippen LogP contribution in [0.4, 0.5) is 10.5 Å². The number of aromatic amines is 1. The molecule has 0 aliphatic carbocycles. The number of amides is 2. The molecule has 3 N–H and O–H groups in total. The second-order valence-electron chi connectivity index (χ2n) is 7.45. The fourth-order valence-electron chi connectivity index (χ4n) is 3.21. The Hall–Kier alpha value is -3.95. The van der Waals surface area contributed by atoms with Crippen molar-refractivity contribution in [2.75, 3.05) is 12.4 Å². The highest BCUT2D eigenvalue weighted by atomic mass is 16.5. The summed E-state index contributed by atoms with van der Waals surface area (Å²) >= 11 is 0. The van der Waals surface area contributed by atoms with Crippen LogP contribution in [0, 0.1) is 0 Å². The van der Waals surface area contributed by atoms with Crippen molar-refractivity contribution >= 4 is 28.7 Å². The normalized spacial score (nSPS) is 10.9. The highest BCUT2D eigenvalue weighted by Gasteiger charge is 2.20. The van der Waals surface area contributed by atoms with Crippen LogP contribution in [0.2, 0.25) is 0 Å². The van der Waals surface area contributed by atoms with Crippen LogP contribution in [0.5, 0.6) is 0 Å². The molecular formula is C22H25N5O5. The third-order valence-corrected chi connectivity index (χ3v) is 4.96. The molecule has 0 fully saturated rings. The molecule has 3 rings (SSSR count). The van der Waals surface area contributed by atoms with Gasteiger partial charge in [0, 0.05) is 24.5 Å². The van der Waals surface area contributed by atoms with Crippen molar-refractivity contribution in [3.8, 4) is 0 Å². The smallest absolute Gasteiger partial charge is 0.411 e. The largest absolute Gasteiger partial charge is 0.453 e. The molecule has 32 heavy (non-hydrogen) atoms. The Labute approximate surface area is 183 Å². The van der Waals surface area contributed by atoms with Crippen LogP contribution >= 0.6 is 0 Å². The summed E-state index contributed by atoms with van der Waals surface area (Å²) in [6, 6.07) is 8.45. The zero-order valence-electron chi connectivity index (χ0n) is 18.3. The Kier molecular flexibility index (Phi) is 6.72. The number of rotatable bonds is 6. The molecule has 0 radical (unpaired) electrons. The van der Waals surface area contributed by atoms with E-state index < -0.39 is 23.2 Å². The van der Waals surface area contributed by atoms with Crippen molar-refractivity contribution in [3.05, 3.63) is 68.0 Å². The summed E-state index contributed by atoms with van der Waals surface area (Å²) in [6.07, 6.45) is -0.577. The second-order valence-corrected chi connectivity index (χ2v) is 7.45. The van der Waals surface area contributed by atoms with E-state index in [1.807, 2.05) is 13.8 Å². The number of aryl methyl sites for hydroxylation is 1. The lowest BCUT2D eigenvalue weighted by molar-refractivity contribution is 0.0952. The molecule has 3 aromatic rings. The summed E-state index contributed by atoms with van der Waals surface area (Å²) in [6.45, 7) is 6.10. The SMILES string of the molecule is CCn1c(=O)[nH]c(=O)c2c(C(=O)NCc3ccc(NC(=O)OC)cc3)cc(C(C)C)nc21. The van der Waals surface area contributed by atoms with E-state index in [0.29, 0.717) is 17.9 Å². The zero-order chi connectivity index (χ0) is 23.4. The molecule has 1 aromatic carbocycles. The summed E-state index contributed by atoms with van der Waals surface area (Å²) in [4.78, 5) is 55.8. The predicted octanol–water partition coefficient (Wildman–Crippen LogP) is 2.34. The summed E-state index contributed by atoms with van der Waals surface area (Å²) < 4.78 is 5.89. The lowest BCUT2D eigenvalue weighted by Gasteiger charge is -2.14. The monoisotopic (exact) mass is 439 g/mol. The van der Waals surface area contributed by atoms with Gasteiger partial charge in [0.2, 0.25) is 0 Å². The number of ether oxygens (including phenoxy) is 1. The number of aromatic nitrogens is 3. The van der Waals surface area contributed by atoms with Gasteiger partial charge in [0.05, 0.1) is 18.1 Å². The Balaban J connectivity index is 1.93. The van der Waals surface area contributed by atoms with E-state index in [-0.39, 0.29) is 29.1 Å². The fourth-order valence-corrected chi connectivity index (χ4v) is 3.21. The lowest BCUT2D eigenvalue weighted by Crippen LogP contribution is -2.33. The molecule has 0 aliphatic heterocycles. The Bertz CT molecular complexity index is 1270. The van der Waals surface area contributed by atoms with Crippen LogP contribution in [0.3, 0.4) is 0 Å². The van der Waals surface area contributed by atoms with Crippen LogP contribution < -0.4 is 21.9 Å². The molecular weight excluding hydrogens is 414 g/mol. The van der Waals surface area contributed by atoms with Gasteiger partial charge in [0.15, 0.2) is 5.65 Å². The first-order valence-corrected chi connectivity index (χ1v) is 10.1. The van der Waals surface area contributed by atoms with Gasteiger partial charge in [-0.3, -0.25) is 24.5 Å². The highest BCUT2D eigenvalue weighted by Crippen LogP contribution is 2.20. The number of pyridine rings is 1. The van der Waals surface area contributed by atoms with Crippen molar-refractivity contribution in [1.29, 1.82) is 0 Å². The van der Waals surface area contributed by atoms with Crippen molar-refractivity contribution in [2.24, 2.45) is 0 Å². The number of carbonyl (C=O) groups is 2. The Morgan fingerprint density at radius 3 is 2.47 bits per heavy atom. The number of hydrogen-bond acceptors (Lipinski definition) is 6. The van der Waals surface area contributed by atoms with Crippen molar-refractivity contribution in [1.82, 2.24) is 19.9 Å². The minimum absolute atomic E-state index is 0.0134.